The van der Waals surface area contributed by atoms with Gasteiger partial charge in [0.1, 0.15) is 0 Å². The Morgan fingerprint density at radius 3 is 1.17 bits per heavy atom. The number of aliphatic hydroxyl groups is 1. The summed E-state index contributed by atoms with van der Waals surface area (Å²) in [6, 6.07) is 0. The number of aliphatic hydroxyl groups excluding tert-OH is 1. The van der Waals surface area contributed by atoms with Crippen molar-refractivity contribution in [1.29, 1.82) is 0 Å². The van der Waals surface area contributed by atoms with Gasteiger partial charge in [-0.2, -0.15) is 0 Å². The highest BCUT2D eigenvalue weighted by Gasteiger charge is 1.92. The van der Waals surface area contributed by atoms with E-state index in [-0.39, 0.29) is 0 Å². The third-order valence-electron chi connectivity index (χ3n) is 4.94. The van der Waals surface area contributed by atoms with Crippen LogP contribution in [0.4, 0.5) is 0 Å². The van der Waals surface area contributed by atoms with E-state index in [1.807, 2.05) is 0 Å². The summed E-state index contributed by atoms with van der Waals surface area (Å²) in [6.07, 6.45) is 42.2. The SMILES string of the molecule is CC/C=C\C/C=C\C/C=C\C/C=C\C/C=C\CCCCCCCCCCCCO. The maximum Gasteiger partial charge on any atom is 0.0431 e. The zero-order valence-electron chi connectivity index (χ0n) is 19.2. The summed E-state index contributed by atoms with van der Waals surface area (Å²) in [4.78, 5) is 0. The van der Waals surface area contributed by atoms with E-state index in [0.717, 1.165) is 38.5 Å². The topological polar surface area (TPSA) is 20.2 Å². The van der Waals surface area contributed by atoms with Crippen molar-refractivity contribution in [3.05, 3.63) is 60.8 Å². The molecule has 1 N–H and O–H groups in total. The summed E-state index contributed by atoms with van der Waals surface area (Å²) in [5, 5.41) is 8.74. The Kier molecular flexibility index (Phi) is 25.4. The first-order valence-corrected chi connectivity index (χ1v) is 12.3. The number of hydrogen-bond acceptors (Lipinski definition) is 1. The molecule has 0 saturated carbocycles. The molecule has 0 fully saturated rings. The average molecular weight is 401 g/mol. The fourth-order valence-corrected chi connectivity index (χ4v) is 3.16. The monoisotopic (exact) mass is 400 g/mol. The van der Waals surface area contributed by atoms with Crippen LogP contribution in [-0.4, -0.2) is 11.7 Å². The first-order valence-electron chi connectivity index (χ1n) is 12.3. The summed E-state index contributed by atoms with van der Waals surface area (Å²) >= 11 is 0. The molecule has 1 nitrogen and oxygen atoms in total. The van der Waals surface area contributed by atoms with Crippen LogP contribution >= 0.6 is 0 Å². The number of rotatable bonds is 21. The number of hydrogen-bond donors (Lipinski definition) is 1. The molecule has 0 aliphatic heterocycles. The standard InChI is InChI=1S/C28H48O/c1-2-3-4-5-6-7-8-9-10-11-12-13-14-15-16-17-18-19-20-21-22-23-24-25-26-27-28-29/h3-4,6-7,9-10,12-13,15-16,29H,2,5,8,11,14,17-28H2,1H3/b4-3-,7-6-,10-9-,13-12-,16-15-. The van der Waals surface area contributed by atoms with Crippen molar-refractivity contribution in [3.63, 3.8) is 0 Å². The third-order valence-corrected chi connectivity index (χ3v) is 4.94. The molecule has 0 bridgehead atoms. The lowest BCUT2D eigenvalue weighted by Gasteiger charge is -2.01. The summed E-state index contributed by atoms with van der Waals surface area (Å²) in [6.45, 7) is 2.53. The molecule has 0 spiro atoms. The Morgan fingerprint density at radius 1 is 0.414 bits per heavy atom. The smallest absolute Gasteiger partial charge is 0.0431 e. The van der Waals surface area contributed by atoms with Gasteiger partial charge in [-0.05, 0) is 51.4 Å². The van der Waals surface area contributed by atoms with E-state index in [1.54, 1.807) is 0 Å². The minimum Gasteiger partial charge on any atom is -0.396 e. The van der Waals surface area contributed by atoms with Crippen LogP contribution < -0.4 is 0 Å². The van der Waals surface area contributed by atoms with Crippen molar-refractivity contribution in [2.75, 3.05) is 6.61 Å². The molecule has 0 heterocycles. The molecule has 0 radical (unpaired) electrons. The third kappa shape index (κ3) is 26.7. The predicted molar refractivity (Wildman–Crippen MR) is 132 cm³/mol. The quantitative estimate of drug-likeness (QED) is 0.150. The van der Waals surface area contributed by atoms with E-state index in [2.05, 4.69) is 67.7 Å². The van der Waals surface area contributed by atoms with Gasteiger partial charge in [0.2, 0.25) is 0 Å². The first-order chi connectivity index (χ1) is 14.4. The van der Waals surface area contributed by atoms with Crippen LogP contribution in [0.3, 0.4) is 0 Å². The molecule has 0 unspecified atom stereocenters. The second kappa shape index (κ2) is 26.7. The highest BCUT2D eigenvalue weighted by Crippen LogP contribution is 2.11. The van der Waals surface area contributed by atoms with Gasteiger partial charge in [-0.25, -0.2) is 0 Å². The van der Waals surface area contributed by atoms with Gasteiger partial charge in [-0.1, -0.05) is 119 Å². The largest absolute Gasteiger partial charge is 0.396 e. The average Bonchev–Trinajstić information content (AvgIpc) is 2.74. The van der Waals surface area contributed by atoms with Crippen LogP contribution in [0.25, 0.3) is 0 Å². The first kappa shape index (κ1) is 27.7. The maximum absolute atomic E-state index is 8.74. The van der Waals surface area contributed by atoms with Crippen molar-refractivity contribution < 1.29 is 5.11 Å². The minimum absolute atomic E-state index is 0.359. The molecule has 0 saturated heterocycles. The van der Waals surface area contributed by atoms with Crippen LogP contribution in [0, 0.1) is 0 Å². The van der Waals surface area contributed by atoms with E-state index < -0.39 is 0 Å². The fourth-order valence-electron chi connectivity index (χ4n) is 3.16. The maximum atomic E-state index is 8.74. The van der Waals surface area contributed by atoms with Crippen LogP contribution in [0.2, 0.25) is 0 Å². The minimum atomic E-state index is 0.359. The lowest BCUT2D eigenvalue weighted by atomic mass is 10.1. The summed E-state index contributed by atoms with van der Waals surface area (Å²) < 4.78 is 0. The highest BCUT2D eigenvalue weighted by molar-refractivity contribution is 5.00. The van der Waals surface area contributed by atoms with Gasteiger partial charge >= 0.3 is 0 Å². The Labute approximate surface area is 182 Å². The van der Waals surface area contributed by atoms with E-state index in [9.17, 15) is 0 Å². The van der Waals surface area contributed by atoms with Gasteiger partial charge in [0, 0.05) is 6.61 Å². The summed E-state index contributed by atoms with van der Waals surface area (Å²) in [7, 11) is 0. The van der Waals surface area contributed by atoms with Crippen LogP contribution in [0.5, 0.6) is 0 Å². The lowest BCUT2D eigenvalue weighted by Crippen LogP contribution is -1.84. The van der Waals surface area contributed by atoms with E-state index in [4.69, 9.17) is 5.11 Å². The van der Waals surface area contributed by atoms with Gasteiger partial charge in [0.25, 0.3) is 0 Å². The highest BCUT2D eigenvalue weighted by atomic mass is 16.2. The van der Waals surface area contributed by atoms with Crippen molar-refractivity contribution in [2.24, 2.45) is 0 Å². The lowest BCUT2D eigenvalue weighted by molar-refractivity contribution is 0.282. The number of unbranched alkanes of at least 4 members (excludes halogenated alkanes) is 10. The van der Waals surface area contributed by atoms with Gasteiger partial charge in [-0.15, -0.1) is 0 Å². The van der Waals surface area contributed by atoms with Crippen molar-refractivity contribution in [2.45, 2.75) is 110 Å². The molecular formula is C28H48O. The number of allylic oxidation sites excluding steroid dienone is 10. The van der Waals surface area contributed by atoms with E-state index >= 15 is 0 Å². The molecule has 166 valence electrons. The van der Waals surface area contributed by atoms with Crippen molar-refractivity contribution >= 4 is 0 Å². The van der Waals surface area contributed by atoms with Crippen LogP contribution in [0.15, 0.2) is 60.8 Å². The predicted octanol–water partition coefficient (Wildman–Crippen LogP) is 9.02. The normalized spacial score (nSPS) is 12.8. The fraction of sp³-hybridized carbons (Fsp3) is 0.643. The van der Waals surface area contributed by atoms with Crippen LogP contribution in [-0.2, 0) is 0 Å². The van der Waals surface area contributed by atoms with Crippen LogP contribution in [0.1, 0.15) is 110 Å². The molecule has 0 aromatic heterocycles. The second-order valence-corrected chi connectivity index (χ2v) is 7.76. The zero-order valence-corrected chi connectivity index (χ0v) is 19.2. The molecule has 1 heteroatoms. The summed E-state index contributed by atoms with van der Waals surface area (Å²) in [5.41, 5.74) is 0. The molecule has 29 heavy (non-hydrogen) atoms. The van der Waals surface area contributed by atoms with E-state index in [1.165, 1.54) is 64.2 Å². The summed E-state index contributed by atoms with van der Waals surface area (Å²) in [5.74, 6) is 0. The molecule has 0 rings (SSSR count). The second-order valence-electron chi connectivity index (χ2n) is 7.76. The molecule has 0 aliphatic rings. The molecule has 0 atom stereocenters. The molecule has 0 amide bonds. The van der Waals surface area contributed by atoms with Crippen molar-refractivity contribution in [1.82, 2.24) is 0 Å². The van der Waals surface area contributed by atoms with Crippen molar-refractivity contribution in [3.8, 4) is 0 Å². The van der Waals surface area contributed by atoms with Gasteiger partial charge in [0.15, 0.2) is 0 Å². The molecule has 0 aromatic rings. The van der Waals surface area contributed by atoms with Gasteiger partial charge in [-0.3, -0.25) is 0 Å². The van der Waals surface area contributed by atoms with Gasteiger partial charge < -0.3 is 5.11 Å². The Morgan fingerprint density at radius 2 is 0.759 bits per heavy atom. The Bertz CT molecular complexity index is 439. The molecular weight excluding hydrogens is 352 g/mol. The molecule has 0 aliphatic carbocycles. The Hall–Kier alpha value is -1.34. The zero-order chi connectivity index (χ0) is 21.1. The molecule has 0 aromatic carbocycles. The van der Waals surface area contributed by atoms with Gasteiger partial charge in [0.05, 0.1) is 0 Å². The Balaban J connectivity index is 3.30. The van der Waals surface area contributed by atoms with E-state index in [0.29, 0.717) is 6.61 Å².